The van der Waals surface area contributed by atoms with Crippen molar-refractivity contribution < 1.29 is 4.74 Å². The van der Waals surface area contributed by atoms with Gasteiger partial charge in [0, 0.05) is 5.33 Å². The molecule has 0 unspecified atom stereocenters. The van der Waals surface area contributed by atoms with Crippen LogP contribution in [0.3, 0.4) is 0 Å². The van der Waals surface area contributed by atoms with Gasteiger partial charge >= 0.3 is 0 Å². The molecule has 2 heteroatoms. The van der Waals surface area contributed by atoms with Crippen LogP contribution in [-0.4, -0.2) is 11.9 Å². The molecule has 1 rings (SSSR count). The molecule has 1 aromatic rings. The SMILES string of the molecule is CCOc1cccc(C)c1CCCBr. The van der Waals surface area contributed by atoms with E-state index in [-0.39, 0.29) is 0 Å². The number of aryl methyl sites for hydroxylation is 1. The van der Waals surface area contributed by atoms with Crippen molar-refractivity contribution in [3.05, 3.63) is 29.3 Å². The molecule has 0 aliphatic carbocycles. The third-order valence-electron chi connectivity index (χ3n) is 2.23. The van der Waals surface area contributed by atoms with E-state index in [4.69, 9.17) is 4.74 Å². The standard InChI is InChI=1S/C12H17BrO/c1-3-14-12-8-4-6-10(2)11(12)7-5-9-13/h4,6,8H,3,5,7,9H2,1-2H3. The quantitative estimate of drug-likeness (QED) is 0.730. The van der Waals surface area contributed by atoms with Crippen molar-refractivity contribution in [3.8, 4) is 5.75 Å². The molecule has 0 atom stereocenters. The average Bonchev–Trinajstić information content (AvgIpc) is 2.18. The molecule has 0 radical (unpaired) electrons. The van der Waals surface area contributed by atoms with Gasteiger partial charge in [0.1, 0.15) is 5.75 Å². The van der Waals surface area contributed by atoms with E-state index in [0.29, 0.717) is 0 Å². The first kappa shape index (κ1) is 11.6. The van der Waals surface area contributed by atoms with Crippen molar-refractivity contribution in [1.82, 2.24) is 0 Å². The maximum Gasteiger partial charge on any atom is 0.122 e. The fourth-order valence-corrected chi connectivity index (χ4v) is 1.81. The molecule has 0 aromatic heterocycles. The predicted molar refractivity (Wildman–Crippen MR) is 64.5 cm³/mol. The Bertz CT molecular complexity index is 284. The monoisotopic (exact) mass is 256 g/mol. The van der Waals surface area contributed by atoms with Gasteiger partial charge < -0.3 is 4.74 Å². The van der Waals surface area contributed by atoms with E-state index in [2.05, 4.69) is 41.1 Å². The molecular weight excluding hydrogens is 240 g/mol. The first-order valence-corrected chi connectivity index (χ1v) is 6.19. The molecule has 0 spiro atoms. The Morgan fingerprint density at radius 1 is 1.36 bits per heavy atom. The third kappa shape index (κ3) is 3.02. The van der Waals surface area contributed by atoms with Crippen molar-refractivity contribution in [2.75, 3.05) is 11.9 Å². The average molecular weight is 257 g/mol. The molecule has 0 aliphatic rings. The minimum Gasteiger partial charge on any atom is -0.494 e. The van der Waals surface area contributed by atoms with Gasteiger partial charge in [-0.2, -0.15) is 0 Å². The summed E-state index contributed by atoms with van der Waals surface area (Å²) in [5, 5.41) is 1.05. The Balaban J connectivity index is 2.84. The van der Waals surface area contributed by atoms with Gasteiger partial charge in [-0.05, 0) is 43.9 Å². The summed E-state index contributed by atoms with van der Waals surface area (Å²) in [4.78, 5) is 0. The van der Waals surface area contributed by atoms with E-state index >= 15 is 0 Å². The van der Waals surface area contributed by atoms with Gasteiger partial charge in [-0.3, -0.25) is 0 Å². The first-order valence-electron chi connectivity index (χ1n) is 5.06. The van der Waals surface area contributed by atoms with Crippen LogP contribution < -0.4 is 4.74 Å². The third-order valence-corrected chi connectivity index (χ3v) is 2.79. The van der Waals surface area contributed by atoms with Crippen LogP contribution in [0.25, 0.3) is 0 Å². The minimum atomic E-state index is 0.741. The highest BCUT2D eigenvalue weighted by atomic mass is 79.9. The zero-order chi connectivity index (χ0) is 10.4. The summed E-state index contributed by atoms with van der Waals surface area (Å²) in [6.45, 7) is 4.91. The van der Waals surface area contributed by atoms with Crippen LogP contribution in [0, 0.1) is 6.92 Å². The molecule has 14 heavy (non-hydrogen) atoms. The van der Waals surface area contributed by atoms with E-state index in [0.717, 1.165) is 30.5 Å². The van der Waals surface area contributed by atoms with E-state index in [1.54, 1.807) is 0 Å². The van der Waals surface area contributed by atoms with Crippen molar-refractivity contribution in [3.63, 3.8) is 0 Å². The molecule has 0 saturated carbocycles. The Morgan fingerprint density at radius 2 is 2.14 bits per heavy atom. The van der Waals surface area contributed by atoms with Crippen LogP contribution in [0.4, 0.5) is 0 Å². The van der Waals surface area contributed by atoms with E-state index in [1.165, 1.54) is 11.1 Å². The molecule has 78 valence electrons. The summed E-state index contributed by atoms with van der Waals surface area (Å²) in [6.07, 6.45) is 2.25. The number of hydrogen-bond acceptors (Lipinski definition) is 1. The maximum absolute atomic E-state index is 5.60. The highest BCUT2D eigenvalue weighted by molar-refractivity contribution is 9.09. The number of alkyl halides is 1. The first-order chi connectivity index (χ1) is 6.79. The van der Waals surface area contributed by atoms with Crippen molar-refractivity contribution in [2.24, 2.45) is 0 Å². The Morgan fingerprint density at radius 3 is 2.79 bits per heavy atom. The summed E-state index contributed by atoms with van der Waals surface area (Å²) in [5.74, 6) is 1.05. The van der Waals surface area contributed by atoms with Gasteiger partial charge in [0.15, 0.2) is 0 Å². The molecule has 0 saturated heterocycles. The van der Waals surface area contributed by atoms with Crippen molar-refractivity contribution in [2.45, 2.75) is 26.7 Å². The van der Waals surface area contributed by atoms with Crippen LogP contribution in [0.1, 0.15) is 24.5 Å². The minimum absolute atomic E-state index is 0.741. The van der Waals surface area contributed by atoms with Crippen LogP contribution in [0.5, 0.6) is 5.75 Å². The second kappa shape index (κ2) is 6.07. The lowest BCUT2D eigenvalue weighted by molar-refractivity contribution is 0.336. The van der Waals surface area contributed by atoms with Gasteiger partial charge in [0.2, 0.25) is 0 Å². The topological polar surface area (TPSA) is 9.23 Å². The number of halogens is 1. The van der Waals surface area contributed by atoms with Gasteiger partial charge in [0.05, 0.1) is 6.61 Å². The van der Waals surface area contributed by atoms with Crippen molar-refractivity contribution in [1.29, 1.82) is 0 Å². The zero-order valence-corrected chi connectivity index (χ0v) is 10.4. The van der Waals surface area contributed by atoms with Gasteiger partial charge in [0.25, 0.3) is 0 Å². The van der Waals surface area contributed by atoms with Crippen molar-refractivity contribution >= 4 is 15.9 Å². The molecule has 0 fully saturated rings. The number of hydrogen-bond donors (Lipinski definition) is 0. The summed E-state index contributed by atoms with van der Waals surface area (Å²) >= 11 is 3.45. The summed E-state index contributed by atoms with van der Waals surface area (Å²) in [7, 11) is 0. The highest BCUT2D eigenvalue weighted by Gasteiger charge is 2.05. The van der Waals surface area contributed by atoms with Gasteiger partial charge in [-0.25, -0.2) is 0 Å². The predicted octanol–water partition coefficient (Wildman–Crippen LogP) is 3.72. The van der Waals surface area contributed by atoms with E-state index in [1.807, 2.05) is 6.92 Å². The molecular formula is C12H17BrO. The summed E-state index contributed by atoms with van der Waals surface area (Å²) in [6, 6.07) is 6.25. The maximum atomic E-state index is 5.60. The molecule has 0 bridgehead atoms. The largest absolute Gasteiger partial charge is 0.494 e. The second-order valence-corrected chi connectivity index (χ2v) is 4.07. The Hall–Kier alpha value is -0.500. The lowest BCUT2D eigenvalue weighted by Crippen LogP contribution is -1.99. The van der Waals surface area contributed by atoms with Crippen LogP contribution in [0.15, 0.2) is 18.2 Å². The van der Waals surface area contributed by atoms with Crippen LogP contribution >= 0.6 is 15.9 Å². The fourth-order valence-electron chi connectivity index (χ4n) is 1.53. The molecule has 0 aliphatic heterocycles. The van der Waals surface area contributed by atoms with Crippen LogP contribution in [-0.2, 0) is 6.42 Å². The van der Waals surface area contributed by atoms with Gasteiger partial charge in [-0.1, -0.05) is 28.1 Å². The fraction of sp³-hybridized carbons (Fsp3) is 0.500. The van der Waals surface area contributed by atoms with Gasteiger partial charge in [-0.15, -0.1) is 0 Å². The molecule has 1 nitrogen and oxygen atoms in total. The van der Waals surface area contributed by atoms with Crippen LogP contribution in [0.2, 0.25) is 0 Å². The second-order valence-electron chi connectivity index (χ2n) is 3.28. The molecule has 0 N–H and O–H groups in total. The normalized spacial score (nSPS) is 10.2. The lowest BCUT2D eigenvalue weighted by atomic mass is 10.0. The lowest BCUT2D eigenvalue weighted by Gasteiger charge is -2.12. The summed E-state index contributed by atoms with van der Waals surface area (Å²) in [5.41, 5.74) is 2.69. The highest BCUT2D eigenvalue weighted by Crippen LogP contribution is 2.23. The number of benzene rings is 1. The number of rotatable bonds is 5. The molecule has 0 heterocycles. The Labute approximate surface area is 94.6 Å². The number of ether oxygens (including phenoxy) is 1. The zero-order valence-electron chi connectivity index (χ0n) is 8.85. The Kier molecular flexibility index (Phi) is 5.02. The summed E-state index contributed by atoms with van der Waals surface area (Å²) < 4.78 is 5.60. The molecule has 0 amide bonds. The van der Waals surface area contributed by atoms with E-state index in [9.17, 15) is 0 Å². The van der Waals surface area contributed by atoms with E-state index < -0.39 is 0 Å². The molecule has 1 aromatic carbocycles. The smallest absolute Gasteiger partial charge is 0.122 e.